The summed E-state index contributed by atoms with van der Waals surface area (Å²) >= 11 is 1.24. The molecular weight excluding hydrogens is 274 g/mol. The summed E-state index contributed by atoms with van der Waals surface area (Å²) in [5, 5.41) is 20.0. The van der Waals surface area contributed by atoms with Crippen molar-refractivity contribution in [2.45, 2.75) is 17.6 Å². The summed E-state index contributed by atoms with van der Waals surface area (Å²) in [6, 6.07) is 12.4. The monoisotopic (exact) mass is 289 g/mol. The number of carboxylic acids is 1. The van der Waals surface area contributed by atoms with Gasteiger partial charge in [-0.25, -0.2) is 9.78 Å². The second kappa shape index (κ2) is 6.07. The molecule has 0 bridgehead atoms. The average molecular weight is 289 g/mol. The Morgan fingerprint density at radius 1 is 1.25 bits per heavy atom. The van der Waals surface area contributed by atoms with Crippen LogP contribution in [0, 0.1) is 0 Å². The molecule has 0 spiro atoms. The standard InChI is InChI=1S/C15H15NO3S/c1-15(19,11-6-3-2-4-7-11)10-20-13-12(14(17)18)8-5-9-16-13/h2-9,19H,10H2,1H3,(H,17,18). The zero-order valence-corrected chi connectivity index (χ0v) is 11.8. The second-order valence-corrected chi connectivity index (χ2v) is 5.55. The number of thioether (sulfide) groups is 1. The molecule has 0 saturated carbocycles. The predicted molar refractivity (Wildman–Crippen MR) is 77.9 cm³/mol. The fourth-order valence-electron chi connectivity index (χ4n) is 1.76. The molecule has 0 radical (unpaired) electrons. The summed E-state index contributed by atoms with van der Waals surface area (Å²) in [6.07, 6.45) is 1.55. The van der Waals surface area contributed by atoms with Crippen LogP contribution >= 0.6 is 11.8 Å². The molecule has 5 heteroatoms. The van der Waals surface area contributed by atoms with Gasteiger partial charge in [0.15, 0.2) is 0 Å². The van der Waals surface area contributed by atoms with Gasteiger partial charge in [-0.2, -0.15) is 0 Å². The third-order valence-corrected chi connectivity index (χ3v) is 4.19. The molecule has 104 valence electrons. The second-order valence-electron chi connectivity index (χ2n) is 4.59. The molecule has 0 aliphatic rings. The largest absolute Gasteiger partial charge is 0.478 e. The molecule has 2 rings (SSSR count). The van der Waals surface area contributed by atoms with Gasteiger partial charge in [-0.1, -0.05) is 30.3 Å². The lowest BCUT2D eigenvalue weighted by molar-refractivity contribution is 0.0690. The Kier molecular flexibility index (Phi) is 4.42. The quantitative estimate of drug-likeness (QED) is 0.828. The van der Waals surface area contributed by atoms with Crippen molar-refractivity contribution in [3.05, 3.63) is 59.8 Å². The molecule has 1 aromatic carbocycles. The lowest BCUT2D eigenvalue weighted by Gasteiger charge is -2.23. The summed E-state index contributed by atoms with van der Waals surface area (Å²) in [4.78, 5) is 15.2. The number of hydrogen-bond acceptors (Lipinski definition) is 4. The molecule has 0 amide bonds. The van der Waals surface area contributed by atoms with Crippen LogP contribution in [0.5, 0.6) is 0 Å². The zero-order chi connectivity index (χ0) is 14.6. The molecule has 2 aromatic rings. The Labute approximate surface area is 121 Å². The van der Waals surface area contributed by atoms with Gasteiger partial charge < -0.3 is 10.2 Å². The molecular formula is C15H15NO3S. The van der Waals surface area contributed by atoms with Gasteiger partial charge in [0.05, 0.1) is 11.2 Å². The van der Waals surface area contributed by atoms with E-state index in [0.29, 0.717) is 10.8 Å². The fourth-order valence-corrected chi connectivity index (χ4v) is 2.79. The van der Waals surface area contributed by atoms with E-state index in [1.807, 2.05) is 30.3 Å². The minimum atomic E-state index is -1.04. The van der Waals surface area contributed by atoms with E-state index in [0.717, 1.165) is 5.56 Å². The van der Waals surface area contributed by atoms with Crippen molar-refractivity contribution in [3.63, 3.8) is 0 Å². The Morgan fingerprint density at radius 3 is 2.60 bits per heavy atom. The molecule has 20 heavy (non-hydrogen) atoms. The smallest absolute Gasteiger partial charge is 0.338 e. The highest BCUT2D eigenvalue weighted by atomic mass is 32.2. The van der Waals surface area contributed by atoms with Gasteiger partial charge in [-0.3, -0.25) is 0 Å². The van der Waals surface area contributed by atoms with Gasteiger partial charge in [0.2, 0.25) is 0 Å². The van der Waals surface area contributed by atoms with Gasteiger partial charge in [-0.05, 0) is 24.6 Å². The SMILES string of the molecule is CC(O)(CSc1ncccc1C(=O)O)c1ccccc1. The highest BCUT2D eigenvalue weighted by Gasteiger charge is 2.24. The number of rotatable bonds is 5. The molecule has 2 N–H and O–H groups in total. The first-order valence-corrected chi connectivity index (χ1v) is 7.08. The molecule has 1 atom stereocenters. The van der Waals surface area contributed by atoms with Crippen LogP contribution in [0.25, 0.3) is 0 Å². The Bertz CT molecular complexity index is 599. The number of aliphatic hydroxyl groups is 1. The fraction of sp³-hybridized carbons (Fsp3) is 0.200. The Balaban J connectivity index is 2.15. The first-order chi connectivity index (χ1) is 9.50. The van der Waals surface area contributed by atoms with E-state index in [4.69, 9.17) is 5.11 Å². The van der Waals surface area contributed by atoms with Crippen LogP contribution in [-0.4, -0.2) is 26.9 Å². The van der Waals surface area contributed by atoms with Crippen molar-refractivity contribution in [1.29, 1.82) is 0 Å². The molecule has 1 unspecified atom stereocenters. The van der Waals surface area contributed by atoms with E-state index >= 15 is 0 Å². The van der Waals surface area contributed by atoms with E-state index in [-0.39, 0.29) is 5.56 Å². The summed E-state index contributed by atoms with van der Waals surface area (Å²) < 4.78 is 0. The van der Waals surface area contributed by atoms with Gasteiger partial charge >= 0.3 is 5.97 Å². The average Bonchev–Trinajstić information content (AvgIpc) is 2.46. The van der Waals surface area contributed by atoms with Crippen LogP contribution in [0.2, 0.25) is 0 Å². The first-order valence-electron chi connectivity index (χ1n) is 6.10. The highest BCUT2D eigenvalue weighted by Crippen LogP contribution is 2.29. The number of aromatic carboxylic acids is 1. The van der Waals surface area contributed by atoms with Crippen molar-refractivity contribution < 1.29 is 15.0 Å². The maximum atomic E-state index is 11.1. The van der Waals surface area contributed by atoms with Crippen LogP contribution in [0.15, 0.2) is 53.7 Å². The normalized spacial score (nSPS) is 13.7. The lowest BCUT2D eigenvalue weighted by Crippen LogP contribution is -2.24. The topological polar surface area (TPSA) is 70.4 Å². The molecule has 0 aliphatic heterocycles. The number of pyridine rings is 1. The van der Waals surface area contributed by atoms with Gasteiger partial charge in [-0.15, -0.1) is 11.8 Å². The number of aromatic nitrogens is 1. The van der Waals surface area contributed by atoms with Crippen molar-refractivity contribution in [3.8, 4) is 0 Å². The predicted octanol–water partition coefficient (Wildman–Crippen LogP) is 2.78. The summed E-state index contributed by atoms with van der Waals surface area (Å²) in [5.41, 5.74) is -0.0965. The van der Waals surface area contributed by atoms with E-state index in [2.05, 4.69) is 4.98 Å². The molecule has 0 saturated heterocycles. The van der Waals surface area contributed by atoms with E-state index in [1.54, 1.807) is 19.2 Å². The van der Waals surface area contributed by atoms with Crippen LogP contribution in [-0.2, 0) is 5.60 Å². The molecule has 1 aromatic heterocycles. The van der Waals surface area contributed by atoms with Crippen LogP contribution in [0.1, 0.15) is 22.8 Å². The maximum Gasteiger partial charge on any atom is 0.338 e. The number of carboxylic acid groups (broad SMARTS) is 1. The minimum Gasteiger partial charge on any atom is -0.478 e. The summed E-state index contributed by atoms with van der Waals surface area (Å²) in [7, 11) is 0. The Hall–Kier alpha value is -1.85. The molecule has 0 aliphatic carbocycles. The summed E-state index contributed by atoms with van der Waals surface area (Å²) in [6.45, 7) is 1.71. The van der Waals surface area contributed by atoms with Crippen molar-refractivity contribution in [2.75, 3.05) is 5.75 Å². The zero-order valence-electron chi connectivity index (χ0n) is 11.0. The van der Waals surface area contributed by atoms with Crippen molar-refractivity contribution >= 4 is 17.7 Å². The van der Waals surface area contributed by atoms with Crippen LogP contribution in [0.4, 0.5) is 0 Å². The third-order valence-electron chi connectivity index (χ3n) is 2.89. The third kappa shape index (κ3) is 3.37. The van der Waals surface area contributed by atoms with Crippen molar-refractivity contribution in [2.24, 2.45) is 0 Å². The van der Waals surface area contributed by atoms with Gasteiger partial charge in [0.25, 0.3) is 0 Å². The number of carbonyl (C=O) groups is 1. The molecule has 4 nitrogen and oxygen atoms in total. The molecule has 0 fully saturated rings. The number of hydrogen-bond donors (Lipinski definition) is 2. The van der Waals surface area contributed by atoms with Gasteiger partial charge in [0, 0.05) is 11.9 Å². The van der Waals surface area contributed by atoms with Crippen LogP contribution < -0.4 is 0 Å². The van der Waals surface area contributed by atoms with E-state index < -0.39 is 11.6 Å². The van der Waals surface area contributed by atoms with E-state index in [9.17, 15) is 9.90 Å². The Morgan fingerprint density at radius 2 is 1.95 bits per heavy atom. The maximum absolute atomic E-state index is 11.1. The lowest BCUT2D eigenvalue weighted by atomic mass is 9.99. The minimum absolute atomic E-state index is 0.154. The van der Waals surface area contributed by atoms with Gasteiger partial charge in [0.1, 0.15) is 5.03 Å². The first kappa shape index (κ1) is 14.6. The van der Waals surface area contributed by atoms with E-state index in [1.165, 1.54) is 17.8 Å². The van der Waals surface area contributed by atoms with Crippen molar-refractivity contribution in [1.82, 2.24) is 4.98 Å². The molecule has 1 heterocycles. The summed E-state index contributed by atoms with van der Waals surface area (Å²) in [5.74, 6) is -0.686. The number of nitrogens with zero attached hydrogens (tertiary/aromatic N) is 1. The van der Waals surface area contributed by atoms with Crippen LogP contribution in [0.3, 0.4) is 0 Å². The highest BCUT2D eigenvalue weighted by molar-refractivity contribution is 7.99. The number of benzene rings is 1.